The van der Waals surface area contributed by atoms with E-state index in [1.54, 1.807) is 6.08 Å². The van der Waals surface area contributed by atoms with Gasteiger partial charge >= 0.3 is 0 Å². The molecular formula is C14H14BrNO3. The molecule has 0 radical (unpaired) electrons. The SMILES string of the molecule is Cc1c(C2(N=C=O)CC2)cc(Br)c2c1OCCCO2. The minimum absolute atomic E-state index is 0.390. The number of aliphatic imine (C=N–C) groups is 1. The molecule has 0 amide bonds. The van der Waals surface area contributed by atoms with Crippen LogP contribution in [0.3, 0.4) is 0 Å². The first kappa shape index (κ1) is 12.7. The van der Waals surface area contributed by atoms with Gasteiger partial charge in [-0.1, -0.05) is 0 Å². The van der Waals surface area contributed by atoms with Crippen molar-refractivity contribution in [1.82, 2.24) is 0 Å². The highest BCUT2D eigenvalue weighted by Gasteiger charge is 2.47. The first-order chi connectivity index (χ1) is 9.18. The summed E-state index contributed by atoms with van der Waals surface area (Å²) in [5.41, 5.74) is 1.66. The summed E-state index contributed by atoms with van der Waals surface area (Å²) < 4.78 is 12.4. The highest BCUT2D eigenvalue weighted by Crippen LogP contribution is 2.54. The molecule has 2 aliphatic rings. The third kappa shape index (κ3) is 2.07. The largest absolute Gasteiger partial charge is 0.489 e. The van der Waals surface area contributed by atoms with Crippen molar-refractivity contribution in [2.24, 2.45) is 4.99 Å². The number of hydrogen-bond acceptors (Lipinski definition) is 4. The molecule has 1 fully saturated rings. The van der Waals surface area contributed by atoms with E-state index >= 15 is 0 Å². The molecule has 0 aromatic heterocycles. The van der Waals surface area contributed by atoms with Crippen LogP contribution >= 0.6 is 15.9 Å². The topological polar surface area (TPSA) is 47.9 Å². The van der Waals surface area contributed by atoms with Crippen LogP contribution in [0.15, 0.2) is 15.5 Å². The highest BCUT2D eigenvalue weighted by molar-refractivity contribution is 9.10. The lowest BCUT2D eigenvalue weighted by Crippen LogP contribution is -2.07. The molecule has 1 aromatic rings. The van der Waals surface area contributed by atoms with Crippen molar-refractivity contribution in [3.05, 3.63) is 21.7 Å². The molecule has 1 saturated carbocycles. The molecule has 100 valence electrons. The van der Waals surface area contributed by atoms with E-state index in [2.05, 4.69) is 20.9 Å². The Bertz CT molecular complexity index is 575. The third-order valence-corrected chi connectivity index (χ3v) is 4.29. The lowest BCUT2D eigenvalue weighted by atomic mass is 9.98. The summed E-state index contributed by atoms with van der Waals surface area (Å²) in [6.45, 7) is 3.30. The predicted octanol–water partition coefficient (Wildman–Crippen LogP) is 3.24. The van der Waals surface area contributed by atoms with Gasteiger partial charge in [0.25, 0.3) is 0 Å². The molecular weight excluding hydrogens is 310 g/mol. The van der Waals surface area contributed by atoms with Crippen molar-refractivity contribution < 1.29 is 14.3 Å². The van der Waals surface area contributed by atoms with E-state index in [0.29, 0.717) is 13.2 Å². The van der Waals surface area contributed by atoms with Gasteiger partial charge in [0.05, 0.1) is 23.2 Å². The van der Waals surface area contributed by atoms with E-state index in [0.717, 1.165) is 46.4 Å². The van der Waals surface area contributed by atoms with Crippen molar-refractivity contribution >= 4 is 22.0 Å². The van der Waals surface area contributed by atoms with Gasteiger partial charge < -0.3 is 9.47 Å². The Balaban J connectivity index is 2.15. The zero-order valence-electron chi connectivity index (χ0n) is 10.7. The Labute approximate surface area is 119 Å². The Morgan fingerprint density at radius 1 is 1.32 bits per heavy atom. The van der Waals surface area contributed by atoms with E-state index in [1.807, 2.05) is 13.0 Å². The quantitative estimate of drug-likeness (QED) is 0.620. The van der Waals surface area contributed by atoms with Gasteiger partial charge in [0.1, 0.15) is 0 Å². The summed E-state index contributed by atoms with van der Waals surface area (Å²) in [6, 6.07) is 2.00. The maximum atomic E-state index is 10.6. The van der Waals surface area contributed by atoms with Crippen LogP contribution in [-0.2, 0) is 10.3 Å². The lowest BCUT2D eigenvalue weighted by molar-refractivity contribution is 0.296. The van der Waals surface area contributed by atoms with Crippen molar-refractivity contribution in [3.63, 3.8) is 0 Å². The van der Waals surface area contributed by atoms with Gasteiger partial charge in [0.15, 0.2) is 11.5 Å². The number of ether oxygens (including phenoxy) is 2. The smallest absolute Gasteiger partial charge is 0.235 e. The maximum absolute atomic E-state index is 10.6. The number of isocyanates is 1. The zero-order chi connectivity index (χ0) is 13.5. The van der Waals surface area contributed by atoms with Crippen molar-refractivity contribution in [1.29, 1.82) is 0 Å². The molecule has 5 heteroatoms. The van der Waals surface area contributed by atoms with Crippen LogP contribution in [0.2, 0.25) is 0 Å². The van der Waals surface area contributed by atoms with E-state index in [-0.39, 0.29) is 5.54 Å². The predicted molar refractivity (Wildman–Crippen MR) is 73.5 cm³/mol. The molecule has 1 aliphatic carbocycles. The van der Waals surface area contributed by atoms with E-state index in [1.165, 1.54) is 0 Å². The van der Waals surface area contributed by atoms with Crippen molar-refractivity contribution in [2.45, 2.75) is 31.7 Å². The zero-order valence-corrected chi connectivity index (χ0v) is 12.2. The number of halogens is 1. The number of hydrogen-bond donors (Lipinski definition) is 0. The standard InChI is InChI=1S/C14H14BrNO3/c1-9-10(14(3-4-14)16-8-17)7-11(15)13-12(9)18-5-2-6-19-13/h7H,2-6H2,1H3. The van der Waals surface area contributed by atoms with Crippen LogP contribution in [-0.4, -0.2) is 19.3 Å². The molecule has 0 saturated heterocycles. The second-order valence-corrected chi connectivity index (χ2v) is 5.83. The second-order valence-electron chi connectivity index (χ2n) is 4.97. The second kappa shape index (κ2) is 4.66. The summed E-state index contributed by atoms with van der Waals surface area (Å²) in [5.74, 6) is 1.53. The number of fused-ring (bicyclic) bond motifs is 1. The summed E-state index contributed by atoms with van der Waals surface area (Å²) in [7, 11) is 0. The van der Waals surface area contributed by atoms with E-state index in [4.69, 9.17) is 9.47 Å². The normalized spacial score (nSPS) is 19.3. The summed E-state index contributed by atoms with van der Waals surface area (Å²) >= 11 is 3.53. The molecule has 1 heterocycles. The fourth-order valence-corrected chi connectivity index (χ4v) is 3.07. The summed E-state index contributed by atoms with van der Waals surface area (Å²) in [6.07, 6.45) is 4.33. The van der Waals surface area contributed by atoms with Crippen LogP contribution in [0.4, 0.5) is 0 Å². The molecule has 0 bridgehead atoms. The Morgan fingerprint density at radius 3 is 2.63 bits per heavy atom. The molecule has 1 aliphatic heterocycles. The molecule has 19 heavy (non-hydrogen) atoms. The Hall–Kier alpha value is -1.32. The first-order valence-corrected chi connectivity index (χ1v) is 7.15. The molecule has 0 unspecified atom stereocenters. The first-order valence-electron chi connectivity index (χ1n) is 6.36. The van der Waals surface area contributed by atoms with Crippen LogP contribution < -0.4 is 9.47 Å². The van der Waals surface area contributed by atoms with E-state index < -0.39 is 0 Å². The molecule has 0 atom stereocenters. The number of benzene rings is 1. The molecule has 1 aromatic carbocycles. The van der Waals surface area contributed by atoms with Gasteiger partial charge in [-0.25, -0.2) is 4.79 Å². The average Bonchev–Trinajstić information content (AvgIpc) is 3.17. The molecule has 0 N–H and O–H groups in total. The van der Waals surface area contributed by atoms with Crippen LogP contribution in [0.1, 0.15) is 30.4 Å². The van der Waals surface area contributed by atoms with Gasteiger partial charge in [-0.05, 0) is 47.3 Å². The van der Waals surface area contributed by atoms with E-state index in [9.17, 15) is 4.79 Å². The number of rotatable bonds is 2. The Kier molecular flexibility index (Phi) is 3.11. The van der Waals surface area contributed by atoms with Gasteiger partial charge in [0, 0.05) is 12.0 Å². The fourth-order valence-electron chi connectivity index (χ4n) is 2.55. The minimum Gasteiger partial charge on any atom is -0.489 e. The van der Waals surface area contributed by atoms with Crippen molar-refractivity contribution in [3.8, 4) is 11.5 Å². The van der Waals surface area contributed by atoms with Crippen LogP contribution in [0.25, 0.3) is 0 Å². The van der Waals surface area contributed by atoms with Gasteiger partial charge in [-0.15, -0.1) is 0 Å². The molecule has 0 spiro atoms. The Morgan fingerprint density at radius 2 is 2.00 bits per heavy atom. The molecule has 3 rings (SSSR count). The number of nitrogens with zero attached hydrogens (tertiary/aromatic N) is 1. The van der Waals surface area contributed by atoms with Crippen molar-refractivity contribution in [2.75, 3.05) is 13.2 Å². The fraction of sp³-hybridized carbons (Fsp3) is 0.500. The molecule has 4 nitrogen and oxygen atoms in total. The summed E-state index contributed by atoms with van der Waals surface area (Å²) in [4.78, 5) is 14.6. The average molecular weight is 324 g/mol. The van der Waals surface area contributed by atoms with Gasteiger partial charge in [-0.2, -0.15) is 4.99 Å². The van der Waals surface area contributed by atoms with Gasteiger partial charge in [0.2, 0.25) is 6.08 Å². The minimum atomic E-state index is -0.390. The summed E-state index contributed by atoms with van der Waals surface area (Å²) in [5, 5.41) is 0. The third-order valence-electron chi connectivity index (χ3n) is 3.70. The monoisotopic (exact) mass is 323 g/mol. The number of carbonyl (C=O) groups excluding carboxylic acids is 1. The van der Waals surface area contributed by atoms with Crippen LogP contribution in [0.5, 0.6) is 11.5 Å². The van der Waals surface area contributed by atoms with Crippen LogP contribution in [0, 0.1) is 6.92 Å². The van der Waals surface area contributed by atoms with Gasteiger partial charge in [-0.3, -0.25) is 0 Å². The lowest BCUT2D eigenvalue weighted by Gasteiger charge is -2.18. The highest BCUT2D eigenvalue weighted by atomic mass is 79.9. The maximum Gasteiger partial charge on any atom is 0.235 e.